The van der Waals surface area contributed by atoms with E-state index in [1.807, 2.05) is 6.07 Å². The second-order valence-corrected chi connectivity index (χ2v) is 6.38. The number of likely N-dealkylation sites (tertiary alicyclic amines) is 1. The zero-order chi connectivity index (χ0) is 14.9. The third-order valence-corrected chi connectivity index (χ3v) is 5.06. The number of aliphatic carboxylic acids is 1. The van der Waals surface area contributed by atoms with E-state index in [0.29, 0.717) is 30.5 Å². The minimum Gasteiger partial charge on any atom is -0.481 e. The average molecular weight is 291 g/mol. The molecule has 1 saturated heterocycles. The summed E-state index contributed by atoms with van der Waals surface area (Å²) in [5.74, 6) is -1.07. The van der Waals surface area contributed by atoms with Crippen LogP contribution in [0.25, 0.3) is 0 Å². The van der Waals surface area contributed by atoms with E-state index in [9.17, 15) is 14.3 Å². The Kier molecular flexibility index (Phi) is 3.98. The van der Waals surface area contributed by atoms with Crippen LogP contribution < -0.4 is 0 Å². The lowest BCUT2D eigenvalue weighted by Crippen LogP contribution is -2.32. The fourth-order valence-electron chi connectivity index (χ4n) is 3.76. The number of carboxylic acid groups (broad SMARTS) is 1. The summed E-state index contributed by atoms with van der Waals surface area (Å²) in [5, 5.41) is 9.58. The predicted molar refractivity (Wildman–Crippen MR) is 78.7 cm³/mol. The smallest absolute Gasteiger partial charge is 0.314 e. The highest BCUT2D eigenvalue weighted by Crippen LogP contribution is 2.41. The van der Waals surface area contributed by atoms with Crippen molar-refractivity contribution in [2.24, 2.45) is 0 Å². The lowest BCUT2D eigenvalue weighted by atomic mass is 9.78. The molecule has 0 spiro atoms. The van der Waals surface area contributed by atoms with E-state index in [2.05, 4.69) is 4.90 Å². The molecule has 2 aliphatic rings. The van der Waals surface area contributed by atoms with Gasteiger partial charge in [0.2, 0.25) is 0 Å². The zero-order valence-electron chi connectivity index (χ0n) is 12.3. The maximum atomic E-state index is 14.4. The van der Waals surface area contributed by atoms with Crippen molar-refractivity contribution in [2.75, 3.05) is 13.1 Å². The normalized spacial score (nSPS) is 21.8. The molecule has 2 fully saturated rings. The van der Waals surface area contributed by atoms with Crippen LogP contribution in [0.4, 0.5) is 4.39 Å². The van der Waals surface area contributed by atoms with Gasteiger partial charge in [0.25, 0.3) is 0 Å². The highest BCUT2D eigenvalue weighted by atomic mass is 19.1. The summed E-state index contributed by atoms with van der Waals surface area (Å²) >= 11 is 0. The molecule has 1 aliphatic carbocycles. The monoisotopic (exact) mass is 291 g/mol. The summed E-state index contributed by atoms with van der Waals surface area (Å²) < 4.78 is 14.4. The Morgan fingerprint density at radius 1 is 1.19 bits per heavy atom. The van der Waals surface area contributed by atoms with Crippen LogP contribution in [-0.4, -0.2) is 29.1 Å². The number of carboxylic acids is 1. The topological polar surface area (TPSA) is 40.5 Å². The minimum atomic E-state index is -0.868. The Bertz CT molecular complexity index is 532. The molecule has 4 heteroatoms. The lowest BCUT2D eigenvalue weighted by molar-refractivity contribution is -0.143. The quantitative estimate of drug-likeness (QED) is 0.925. The fraction of sp³-hybridized carbons (Fsp3) is 0.588. The predicted octanol–water partition coefficient (Wildman–Crippen LogP) is 3.32. The molecule has 1 heterocycles. The van der Waals surface area contributed by atoms with Gasteiger partial charge in [-0.3, -0.25) is 9.69 Å². The van der Waals surface area contributed by atoms with E-state index in [1.54, 1.807) is 6.07 Å². The van der Waals surface area contributed by atoms with Gasteiger partial charge in [-0.2, -0.15) is 0 Å². The molecule has 1 aromatic rings. The Hall–Kier alpha value is -1.42. The van der Waals surface area contributed by atoms with Gasteiger partial charge in [0, 0.05) is 12.1 Å². The fourth-order valence-corrected chi connectivity index (χ4v) is 3.76. The van der Waals surface area contributed by atoms with Gasteiger partial charge in [0.1, 0.15) is 5.82 Å². The van der Waals surface area contributed by atoms with Crippen LogP contribution in [-0.2, 0) is 16.8 Å². The SMILES string of the molecule is O=C(O)C1(c2ccc(CN3CCCC3)c(F)c2)CCCC1. The van der Waals surface area contributed by atoms with E-state index in [4.69, 9.17) is 0 Å². The van der Waals surface area contributed by atoms with Crippen LogP contribution in [0.1, 0.15) is 49.7 Å². The average Bonchev–Trinajstić information content (AvgIpc) is 3.12. The van der Waals surface area contributed by atoms with Gasteiger partial charge < -0.3 is 5.11 Å². The molecular weight excluding hydrogens is 269 g/mol. The molecule has 0 bridgehead atoms. The Balaban J connectivity index is 1.84. The van der Waals surface area contributed by atoms with E-state index in [1.165, 1.54) is 18.9 Å². The first kappa shape index (κ1) is 14.5. The molecule has 21 heavy (non-hydrogen) atoms. The third-order valence-electron chi connectivity index (χ3n) is 5.06. The lowest BCUT2D eigenvalue weighted by Gasteiger charge is -2.25. The molecule has 1 aliphatic heterocycles. The van der Waals surface area contributed by atoms with E-state index in [-0.39, 0.29) is 5.82 Å². The molecule has 1 aromatic carbocycles. The molecular formula is C17H22FNO2. The molecule has 0 unspecified atom stereocenters. The molecule has 0 radical (unpaired) electrons. The van der Waals surface area contributed by atoms with Crippen LogP contribution in [0, 0.1) is 5.82 Å². The van der Waals surface area contributed by atoms with Crippen molar-refractivity contribution in [2.45, 2.75) is 50.5 Å². The molecule has 0 amide bonds. The van der Waals surface area contributed by atoms with Crippen LogP contribution in [0.15, 0.2) is 18.2 Å². The van der Waals surface area contributed by atoms with E-state index in [0.717, 1.165) is 25.9 Å². The van der Waals surface area contributed by atoms with Gasteiger partial charge in [-0.05, 0) is 50.4 Å². The van der Waals surface area contributed by atoms with Crippen molar-refractivity contribution in [1.82, 2.24) is 4.90 Å². The van der Waals surface area contributed by atoms with Gasteiger partial charge in [-0.25, -0.2) is 4.39 Å². The maximum Gasteiger partial charge on any atom is 0.314 e. The highest BCUT2D eigenvalue weighted by Gasteiger charge is 2.43. The summed E-state index contributed by atoms with van der Waals surface area (Å²) in [6, 6.07) is 5.07. The highest BCUT2D eigenvalue weighted by molar-refractivity contribution is 5.81. The van der Waals surface area contributed by atoms with Gasteiger partial charge in [-0.1, -0.05) is 25.0 Å². The number of halogens is 1. The van der Waals surface area contributed by atoms with Gasteiger partial charge in [0.05, 0.1) is 5.41 Å². The van der Waals surface area contributed by atoms with Crippen molar-refractivity contribution >= 4 is 5.97 Å². The summed E-state index contributed by atoms with van der Waals surface area (Å²) in [6.07, 6.45) is 5.41. The maximum absolute atomic E-state index is 14.4. The summed E-state index contributed by atoms with van der Waals surface area (Å²) in [4.78, 5) is 13.9. The standard InChI is InChI=1S/C17H22FNO2/c18-15-11-14(17(16(20)21)7-1-2-8-17)6-5-13(15)12-19-9-3-4-10-19/h5-6,11H,1-4,7-10,12H2,(H,20,21). The second-order valence-electron chi connectivity index (χ2n) is 6.38. The number of hydrogen-bond donors (Lipinski definition) is 1. The van der Waals surface area contributed by atoms with Crippen LogP contribution in [0.5, 0.6) is 0 Å². The molecule has 1 saturated carbocycles. The first-order chi connectivity index (χ1) is 10.1. The van der Waals surface area contributed by atoms with Gasteiger partial charge >= 0.3 is 5.97 Å². The minimum absolute atomic E-state index is 0.257. The molecule has 1 N–H and O–H groups in total. The van der Waals surface area contributed by atoms with Crippen LogP contribution in [0.3, 0.4) is 0 Å². The number of carbonyl (C=O) groups is 1. The van der Waals surface area contributed by atoms with Gasteiger partial charge in [-0.15, -0.1) is 0 Å². The van der Waals surface area contributed by atoms with Crippen molar-refractivity contribution in [3.8, 4) is 0 Å². The molecule has 3 rings (SSSR count). The van der Waals surface area contributed by atoms with Gasteiger partial charge in [0.15, 0.2) is 0 Å². The number of rotatable bonds is 4. The van der Waals surface area contributed by atoms with Crippen molar-refractivity contribution in [3.05, 3.63) is 35.1 Å². The summed E-state index contributed by atoms with van der Waals surface area (Å²) in [6.45, 7) is 2.69. The number of hydrogen-bond acceptors (Lipinski definition) is 2. The Morgan fingerprint density at radius 2 is 1.86 bits per heavy atom. The number of benzene rings is 1. The van der Waals surface area contributed by atoms with E-state index >= 15 is 0 Å². The Labute approximate surface area is 124 Å². The first-order valence-corrected chi connectivity index (χ1v) is 7.86. The van der Waals surface area contributed by atoms with Crippen molar-refractivity contribution in [1.29, 1.82) is 0 Å². The molecule has 0 aromatic heterocycles. The largest absolute Gasteiger partial charge is 0.481 e. The molecule has 3 nitrogen and oxygen atoms in total. The number of nitrogens with zero attached hydrogens (tertiary/aromatic N) is 1. The summed E-state index contributed by atoms with van der Waals surface area (Å²) in [7, 11) is 0. The third kappa shape index (κ3) is 2.69. The van der Waals surface area contributed by atoms with Crippen LogP contribution in [0.2, 0.25) is 0 Å². The molecule has 114 valence electrons. The van der Waals surface area contributed by atoms with Crippen molar-refractivity contribution in [3.63, 3.8) is 0 Å². The summed E-state index contributed by atoms with van der Waals surface area (Å²) in [5.41, 5.74) is 0.446. The zero-order valence-corrected chi connectivity index (χ0v) is 12.3. The van der Waals surface area contributed by atoms with E-state index < -0.39 is 11.4 Å². The first-order valence-electron chi connectivity index (χ1n) is 7.86. The van der Waals surface area contributed by atoms with Crippen molar-refractivity contribution < 1.29 is 14.3 Å². The molecule has 0 atom stereocenters. The Morgan fingerprint density at radius 3 is 2.43 bits per heavy atom. The van der Waals surface area contributed by atoms with Crippen LogP contribution >= 0.6 is 0 Å². The second kappa shape index (κ2) is 5.76.